The Hall–Kier alpha value is -2.28. The Kier molecular flexibility index (Phi) is 8.09. The lowest BCUT2D eigenvalue weighted by Crippen LogP contribution is -2.38. The van der Waals surface area contributed by atoms with Crippen LogP contribution >= 0.6 is 12.4 Å². The minimum atomic E-state index is -0.786. The number of carbonyl (C=O) groups is 1. The van der Waals surface area contributed by atoms with Gasteiger partial charge in [-0.25, -0.2) is 4.79 Å². The van der Waals surface area contributed by atoms with E-state index in [2.05, 4.69) is 5.32 Å². The van der Waals surface area contributed by atoms with Crippen LogP contribution in [0.5, 0.6) is 17.2 Å². The van der Waals surface area contributed by atoms with Crippen molar-refractivity contribution in [2.45, 2.75) is 32.4 Å². The summed E-state index contributed by atoms with van der Waals surface area (Å²) in [6.07, 6.45) is -0.786. The molecule has 0 amide bonds. The number of rotatable bonds is 6. The third kappa shape index (κ3) is 6.75. The van der Waals surface area contributed by atoms with Gasteiger partial charge >= 0.3 is 5.97 Å². The molecule has 0 spiro atoms. The van der Waals surface area contributed by atoms with Gasteiger partial charge in [0, 0.05) is 12.1 Å². The molecule has 0 radical (unpaired) electrons. The maximum Gasteiger partial charge on any atom is 0.343 e. The van der Waals surface area contributed by atoms with Crippen molar-refractivity contribution >= 4 is 18.4 Å². The molecule has 0 aliphatic rings. The molecule has 2 rings (SSSR count). The molecule has 0 saturated heterocycles. The van der Waals surface area contributed by atoms with Gasteiger partial charge in [0.15, 0.2) is 11.5 Å². The van der Waals surface area contributed by atoms with E-state index >= 15 is 0 Å². The second-order valence-electron chi connectivity index (χ2n) is 6.99. The number of hydrogen-bond acceptors (Lipinski definition) is 6. The summed E-state index contributed by atoms with van der Waals surface area (Å²) in [5.41, 5.74) is 0.740. The molecule has 2 aromatic rings. The van der Waals surface area contributed by atoms with Crippen LogP contribution in [0.1, 0.15) is 42.8 Å². The molecule has 0 bridgehead atoms. The lowest BCUT2D eigenvalue weighted by Gasteiger charge is -2.23. The molecule has 0 heterocycles. The van der Waals surface area contributed by atoms with Gasteiger partial charge in [0.1, 0.15) is 5.75 Å². The van der Waals surface area contributed by atoms with Crippen LogP contribution in [0.25, 0.3) is 0 Å². The number of phenolic OH excluding ortho intramolecular Hbond substituents is 1. The predicted octanol–water partition coefficient (Wildman–Crippen LogP) is 3.46. The number of β-amino-alcohol motifs (C(OH)–C–C–N with tert-alkyl or cyclic N) is 1. The smallest absolute Gasteiger partial charge is 0.343 e. The molecule has 1 unspecified atom stereocenters. The Morgan fingerprint density at radius 1 is 1.15 bits per heavy atom. The number of hydrogen-bond donors (Lipinski definition) is 3. The summed E-state index contributed by atoms with van der Waals surface area (Å²) in [6.45, 7) is 6.34. The summed E-state index contributed by atoms with van der Waals surface area (Å²) in [4.78, 5) is 12.2. The highest BCUT2D eigenvalue weighted by molar-refractivity contribution is 5.91. The first kappa shape index (κ1) is 22.8. The first-order chi connectivity index (χ1) is 12.2. The van der Waals surface area contributed by atoms with Crippen LogP contribution in [0, 0.1) is 0 Å². The van der Waals surface area contributed by atoms with Gasteiger partial charge in [0.25, 0.3) is 0 Å². The molecule has 2 aromatic carbocycles. The van der Waals surface area contributed by atoms with Crippen LogP contribution in [0.3, 0.4) is 0 Å². The monoisotopic (exact) mass is 395 g/mol. The normalized spacial score (nSPS) is 12.0. The first-order valence-corrected chi connectivity index (χ1v) is 8.32. The van der Waals surface area contributed by atoms with Crippen molar-refractivity contribution in [2.24, 2.45) is 0 Å². The van der Waals surface area contributed by atoms with E-state index in [-0.39, 0.29) is 29.4 Å². The van der Waals surface area contributed by atoms with E-state index < -0.39 is 12.1 Å². The van der Waals surface area contributed by atoms with Gasteiger partial charge in [-0.1, -0.05) is 6.07 Å². The highest BCUT2D eigenvalue weighted by Crippen LogP contribution is 2.30. The molecular formula is C20H26ClNO5. The third-order valence-electron chi connectivity index (χ3n) is 3.72. The fourth-order valence-corrected chi connectivity index (χ4v) is 2.23. The highest BCUT2D eigenvalue weighted by atomic mass is 35.5. The molecule has 27 heavy (non-hydrogen) atoms. The van der Waals surface area contributed by atoms with E-state index in [0.29, 0.717) is 23.4 Å². The minimum Gasteiger partial charge on any atom is -0.504 e. The van der Waals surface area contributed by atoms with E-state index in [1.54, 1.807) is 37.4 Å². The van der Waals surface area contributed by atoms with Crippen molar-refractivity contribution in [2.75, 3.05) is 13.7 Å². The van der Waals surface area contributed by atoms with Crippen molar-refractivity contribution in [3.8, 4) is 17.2 Å². The molecule has 1 atom stereocenters. The highest BCUT2D eigenvalue weighted by Gasteiger charge is 2.17. The average molecular weight is 396 g/mol. The SMILES string of the molecule is COc1ccc(C(=O)Oc2ccc(C(O)CNC(C)(C)C)cc2O)cc1.Cl. The Morgan fingerprint density at radius 2 is 1.78 bits per heavy atom. The summed E-state index contributed by atoms with van der Waals surface area (Å²) in [7, 11) is 1.54. The number of halogens is 1. The summed E-state index contributed by atoms with van der Waals surface area (Å²) in [6, 6.07) is 10.9. The summed E-state index contributed by atoms with van der Waals surface area (Å²) in [5.74, 6) is -0.137. The number of benzene rings is 2. The van der Waals surface area contributed by atoms with Crippen LogP contribution in [0.15, 0.2) is 42.5 Å². The Bertz CT molecular complexity index is 756. The van der Waals surface area contributed by atoms with Crippen LogP contribution in [-0.2, 0) is 0 Å². The van der Waals surface area contributed by atoms with Crippen molar-refractivity contribution in [1.82, 2.24) is 5.32 Å². The van der Waals surface area contributed by atoms with E-state index in [4.69, 9.17) is 9.47 Å². The Morgan fingerprint density at radius 3 is 2.30 bits per heavy atom. The molecule has 0 saturated carbocycles. The Balaban J connectivity index is 0.00000364. The lowest BCUT2D eigenvalue weighted by atomic mass is 10.1. The number of esters is 1. The molecule has 0 aliphatic carbocycles. The second-order valence-corrected chi connectivity index (χ2v) is 6.99. The van der Waals surface area contributed by atoms with Gasteiger partial charge in [-0.15, -0.1) is 12.4 Å². The molecule has 7 heteroatoms. The minimum absolute atomic E-state index is 0. The number of aliphatic hydroxyl groups excluding tert-OH is 1. The van der Waals surface area contributed by atoms with Crippen molar-refractivity contribution in [3.63, 3.8) is 0 Å². The standard InChI is InChI=1S/C20H25NO5.ClH/c1-20(2,3)21-12-17(23)14-7-10-18(16(22)11-14)26-19(24)13-5-8-15(25-4)9-6-13;/h5-11,17,21-23H,12H2,1-4H3;1H. The summed E-state index contributed by atoms with van der Waals surface area (Å²) in [5, 5.41) is 23.5. The number of phenols is 1. The largest absolute Gasteiger partial charge is 0.504 e. The van der Waals surface area contributed by atoms with Crippen LogP contribution < -0.4 is 14.8 Å². The van der Waals surface area contributed by atoms with Gasteiger partial charge in [-0.3, -0.25) is 0 Å². The molecule has 0 aromatic heterocycles. The van der Waals surface area contributed by atoms with Gasteiger partial charge in [-0.2, -0.15) is 0 Å². The number of nitrogens with one attached hydrogen (secondary N) is 1. The van der Waals surface area contributed by atoms with E-state index in [1.807, 2.05) is 20.8 Å². The number of methoxy groups -OCH3 is 1. The van der Waals surface area contributed by atoms with E-state index in [9.17, 15) is 15.0 Å². The van der Waals surface area contributed by atoms with Crippen molar-refractivity contribution in [3.05, 3.63) is 53.6 Å². The molecule has 0 fully saturated rings. The molecule has 0 aliphatic heterocycles. The van der Waals surface area contributed by atoms with Crippen molar-refractivity contribution in [1.29, 1.82) is 0 Å². The number of carbonyl (C=O) groups excluding carboxylic acids is 1. The lowest BCUT2D eigenvalue weighted by molar-refractivity contribution is 0.0729. The van der Waals surface area contributed by atoms with Crippen molar-refractivity contribution < 1.29 is 24.5 Å². The third-order valence-corrected chi connectivity index (χ3v) is 3.72. The first-order valence-electron chi connectivity index (χ1n) is 8.32. The second kappa shape index (κ2) is 9.60. The van der Waals surface area contributed by atoms with Gasteiger partial charge in [0.05, 0.1) is 18.8 Å². The molecule has 3 N–H and O–H groups in total. The molecule has 6 nitrogen and oxygen atoms in total. The zero-order chi connectivity index (χ0) is 19.3. The maximum atomic E-state index is 12.2. The quantitative estimate of drug-likeness (QED) is 0.512. The summed E-state index contributed by atoms with van der Waals surface area (Å²) < 4.78 is 10.3. The van der Waals surface area contributed by atoms with Crippen LogP contribution in [0.4, 0.5) is 0 Å². The summed E-state index contributed by atoms with van der Waals surface area (Å²) >= 11 is 0. The maximum absolute atomic E-state index is 12.2. The Labute approximate surface area is 165 Å². The van der Waals surface area contributed by atoms with Gasteiger partial charge in [0.2, 0.25) is 0 Å². The molecular weight excluding hydrogens is 370 g/mol. The average Bonchev–Trinajstić information content (AvgIpc) is 2.60. The zero-order valence-electron chi connectivity index (χ0n) is 15.9. The van der Waals surface area contributed by atoms with E-state index in [1.165, 1.54) is 12.1 Å². The van der Waals surface area contributed by atoms with Gasteiger partial charge in [-0.05, 0) is 62.7 Å². The number of aliphatic hydroxyl groups is 1. The van der Waals surface area contributed by atoms with E-state index in [0.717, 1.165) is 0 Å². The predicted molar refractivity (Wildman–Crippen MR) is 106 cm³/mol. The zero-order valence-corrected chi connectivity index (χ0v) is 16.7. The fourth-order valence-electron chi connectivity index (χ4n) is 2.23. The van der Waals surface area contributed by atoms with Crippen LogP contribution in [0.2, 0.25) is 0 Å². The number of ether oxygens (including phenoxy) is 2. The molecule has 148 valence electrons. The van der Waals surface area contributed by atoms with Gasteiger partial charge < -0.3 is 25.0 Å². The van der Waals surface area contributed by atoms with Crippen LogP contribution in [-0.4, -0.2) is 35.4 Å². The fraction of sp³-hybridized carbons (Fsp3) is 0.350. The number of aromatic hydroxyl groups is 1. The topological polar surface area (TPSA) is 88.0 Å².